The minimum absolute atomic E-state index is 0.0135. The summed E-state index contributed by atoms with van der Waals surface area (Å²) in [4.78, 5) is 40.9. The molecule has 1 amide bonds. The van der Waals surface area contributed by atoms with Gasteiger partial charge in [-0.05, 0) is 31.2 Å². The quantitative estimate of drug-likeness (QED) is 0.213. The Bertz CT molecular complexity index is 1580. The fraction of sp³-hybridized carbons (Fsp3) is 0.0833. The molecule has 0 bridgehead atoms. The molecular formula is C24H20N4O5. The molecule has 0 saturated heterocycles. The zero-order chi connectivity index (χ0) is 23.7. The molecule has 9 nitrogen and oxygen atoms in total. The van der Waals surface area contributed by atoms with Gasteiger partial charge in [-0.25, -0.2) is 5.43 Å². The zero-order valence-corrected chi connectivity index (χ0v) is 17.6. The van der Waals surface area contributed by atoms with Crippen LogP contribution in [0.1, 0.15) is 22.8 Å². The predicted octanol–water partition coefficient (Wildman–Crippen LogP) is 2.59. The number of carbonyl (C=O) groups is 1. The van der Waals surface area contributed by atoms with Crippen molar-refractivity contribution < 1.29 is 15.0 Å². The fourth-order valence-electron chi connectivity index (χ4n) is 3.71. The lowest BCUT2D eigenvalue weighted by Gasteiger charge is -2.13. The monoisotopic (exact) mass is 444 g/mol. The van der Waals surface area contributed by atoms with Crippen LogP contribution in [0.15, 0.2) is 75.9 Å². The first-order valence-electron chi connectivity index (χ1n) is 9.99. The molecule has 4 rings (SSSR count). The molecule has 0 atom stereocenters. The minimum Gasteiger partial charge on any atom is -0.506 e. The number of nitrogens with one attached hydrogen (secondary N) is 2. The lowest BCUT2D eigenvalue weighted by atomic mass is 10.1. The number of carbonyl (C=O) groups excluding carboxylic acids is 1. The van der Waals surface area contributed by atoms with Crippen molar-refractivity contribution in [1.82, 2.24) is 15.0 Å². The van der Waals surface area contributed by atoms with Crippen LogP contribution in [0.5, 0.6) is 11.5 Å². The van der Waals surface area contributed by atoms with Crippen LogP contribution in [-0.4, -0.2) is 31.4 Å². The third-order valence-corrected chi connectivity index (χ3v) is 5.27. The van der Waals surface area contributed by atoms with E-state index in [0.29, 0.717) is 21.8 Å². The van der Waals surface area contributed by atoms with Crippen molar-refractivity contribution in [2.45, 2.75) is 13.5 Å². The average Bonchev–Trinajstić information content (AvgIpc) is 2.80. The molecule has 0 aliphatic rings. The number of hydrazone groups is 1. The normalized spacial score (nSPS) is 11.6. The van der Waals surface area contributed by atoms with Crippen LogP contribution in [-0.2, 0) is 6.54 Å². The highest BCUT2D eigenvalue weighted by Gasteiger charge is 2.22. The van der Waals surface area contributed by atoms with Crippen molar-refractivity contribution in [3.8, 4) is 11.5 Å². The standard InChI is InChI=1S/C24H20N4O5/c1-3-12-28-17-11-7-5-9-15(17)21(30)19(24(28)33)23(32)27-26-13(2)18-20(29)14-8-4-6-10-16(14)25-22(18)31/h3-11,30H,1,12H2,2H3,(H,27,32)(H2,25,29,31)/b26-13-. The molecule has 2 aromatic heterocycles. The van der Waals surface area contributed by atoms with Crippen molar-refractivity contribution >= 4 is 33.4 Å². The lowest BCUT2D eigenvalue weighted by molar-refractivity contribution is 0.0950. The van der Waals surface area contributed by atoms with Crippen LogP contribution in [0.2, 0.25) is 0 Å². The highest BCUT2D eigenvalue weighted by molar-refractivity contribution is 6.07. The van der Waals surface area contributed by atoms with E-state index in [4.69, 9.17) is 0 Å². The van der Waals surface area contributed by atoms with Gasteiger partial charge in [0.2, 0.25) is 0 Å². The van der Waals surface area contributed by atoms with Gasteiger partial charge in [-0.1, -0.05) is 30.3 Å². The number of nitrogens with zero attached hydrogens (tertiary/aromatic N) is 2. The Balaban J connectivity index is 1.77. The maximum absolute atomic E-state index is 13.0. The van der Waals surface area contributed by atoms with E-state index < -0.39 is 28.3 Å². The molecule has 0 aliphatic carbocycles. The molecule has 9 heteroatoms. The molecule has 4 aromatic rings. The number of rotatable bonds is 5. The van der Waals surface area contributed by atoms with Crippen molar-refractivity contribution in [2.24, 2.45) is 5.10 Å². The molecule has 0 radical (unpaired) electrons. The molecule has 33 heavy (non-hydrogen) atoms. The third-order valence-electron chi connectivity index (χ3n) is 5.27. The molecule has 2 heterocycles. The first kappa shape index (κ1) is 21.6. The number of benzene rings is 2. The molecule has 0 unspecified atom stereocenters. The SMILES string of the molecule is C=CCn1c(=O)c(C(=O)N/N=C(/C)c2c(O)c3ccccc3[nH]c2=O)c(O)c2ccccc21. The smallest absolute Gasteiger partial charge is 0.280 e. The Morgan fingerprint density at radius 2 is 1.70 bits per heavy atom. The number of aromatic hydroxyl groups is 2. The zero-order valence-electron chi connectivity index (χ0n) is 17.6. The molecule has 0 fully saturated rings. The maximum Gasteiger partial charge on any atom is 0.280 e. The highest BCUT2D eigenvalue weighted by Crippen LogP contribution is 2.27. The number of hydrogen-bond acceptors (Lipinski definition) is 6. The van der Waals surface area contributed by atoms with Crippen LogP contribution in [0.25, 0.3) is 21.8 Å². The fourth-order valence-corrected chi connectivity index (χ4v) is 3.71. The maximum atomic E-state index is 13.0. The second-order valence-electron chi connectivity index (χ2n) is 7.31. The van der Waals surface area contributed by atoms with E-state index in [0.717, 1.165) is 0 Å². The number of pyridine rings is 2. The van der Waals surface area contributed by atoms with Gasteiger partial charge in [-0.2, -0.15) is 5.10 Å². The molecule has 0 aliphatic heterocycles. The van der Waals surface area contributed by atoms with Gasteiger partial charge in [0.05, 0.1) is 16.7 Å². The van der Waals surface area contributed by atoms with Crippen LogP contribution in [0, 0.1) is 0 Å². The van der Waals surface area contributed by atoms with Crippen molar-refractivity contribution in [3.63, 3.8) is 0 Å². The molecule has 0 saturated carbocycles. The largest absolute Gasteiger partial charge is 0.506 e. The average molecular weight is 444 g/mol. The van der Waals surface area contributed by atoms with Gasteiger partial charge in [0.25, 0.3) is 17.0 Å². The summed E-state index contributed by atoms with van der Waals surface area (Å²) in [7, 11) is 0. The Morgan fingerprint density at radius 3 is 2.42 bits per heavy atom. The van der Waals surface area contributed by atoms with Gasteiger partial charge in [0.15, 0.2) is 0 Å². The van der Waals surface area contributed by atoms with Gasteiger partial charge in [0.1, 0.15) is 22.6 Å². The number of amides is 1. The van der Waals surface area contributed by atoms with Gasteiger partial charge in [-0.3, -0.25) is 14.4 Å². The second-order valence-corrected chi connectivity index (χ2v) is 7.31. The third kappa shape index (κ3) is 3.65. The van der Waals surface area contributed by atoms with E-state index in [9.17, 15) is 24.6 Å². The van der Waals surface area contributed by atoms with E-state index >= 15 is 0 Å². The molecule has 166 valence electrons. The minimum atomic E-state index is -0.961. The molecule has 4 N–H and O–H groups in total. The summed E-state index contributed by atoms with van der Waals surface area (Å²) in [5.74, 6) is -1.73. The number of para-hydroxylation sites is 2. The summed E-state index contributed by atoms with van der Waals surface area (Å²) in [5, 5.41) is 25.8. The topological polar surface area (TPSA) is 137 Å². The number of hydrogen-bond donors (Lipinski definition) is 4. The van der Waals surface area contributed by atoms with E-state index in [2.05, 4.69) is 22.1 Å². The van der Waals surface area contributed by atoms with Crippen LogP contribution in [0.4, 0.5) is 0 Å². The summed E-state index contributed by atoms with van der Waals surface area (Å²) < 4.78 is 1.31. The molecule has 0 spiro atoms. The van der Waals surface area contributed by atoms with E-state index in [1.54, 1.807) is 48.5 Å². The highest BCUT2D eigenvalue weighted by atomic mass is 16.3. The molecule has 2 aromatic carbocycles. The Hall–Kier alpha value is -4.66. The Morgan fingerprint density at radius 1 is 1.06 bits per heavy atom. The van der Waals surface area contributed by atoms with E-state index in [1.807, 2.05) is 0 Å². The van der Waals surface area contributed by atoms with Crippen molar-refractivity contribution in [1.29, 1.82) is 0 Å². The van der Waals surface area contributed by atoms with Crippen LogP contribution in [0.3, 0.4) is 0 Å². The number of allylic oxidation sites excluding steroid dienone is 1. The number of aromatic amines is 1. The van der Waals surface area contributed by atoms with Crippen molar-refractivity contribution in [3.05, 3.63) is 93.0 Å². The first-order valence-corrected chi connectivity index (χ1v) is 9.99. The predicted molar refractivity (Wildman–Crippen MR) is 126 cm³/mol. The van der Waals surface area contributed by atoms with Gasteiger partial charge < -0.3 is 19.8 Å². The van der Waals surface area contributed by atoms with Gasteiger partial charge in [-0.15, -0.1) is 6.58 Å². The number of H-pyrrole nitrogens is 1. The van der Waals surface area contributed by atoms with Gasteiger partial charge in [0, 0.05) is 17.3 Å². The number of aromatic nitrogens is 2. The molecular weight excluding hydrogens is 424 g/mol. The second kappa shape index (κ2) is 8.46. The Labute approximate surface area is 186 Å². The lowest BCUT2D eigenvalue weighted by Crippen LogP contribution is -2.32. The summed E-state index contributed by atoms with van der Waals surface area (Å²) in [5.41, 5.74) is 1.18. The van der Waals surface area contributed by atoms with Crippen LogP contribution < -0.4 is 16.5 Å². The number of fused-ring (bicyclic) bond motifs is 2. The summed E-state index contributed by atoms with van der Waals surface area (Å²) in [6.45, 7) is 5.18. The summed E-state index contributed by atoms with van der Waals surface area (Å²) >= 11 is 0. The first-order chi connectivity index (χ1) is 15.8. The van der Waals surface area contributed by atoms with Gasteiger partial charge >= 0.3 is 0 Å². The van der Waals surface area contributed by atoms with Crippen molar-refractivity contribution in [2.75, 3.05) is 0 Å². The van der Waals surface area contributed by atoms with E-state index in [1.165, 1.54) is 17.6 Å². The Kier molecular flexibility index (Phi) is 5.53. The summed E-state index contributed by atoms with van der Waals surface area (Å²) in [6, 6.07) is 13.3. The van der Waals surface area contributed by atoms with E-state index in [-0.39, 0.29) is 23.6 Å². The summed E-state index contributed by atoms with van der Waals surface area (Å²) in [6.07, 6.45) is 1.50. The van der Waals surface area contributed by atoms with Crippen LogP contribution >= 0.6 is 0 Å².